The van der Waals surface area contributed by atoms with Gasteiger partial charge in [-0.1, -0.05) is 88.5 Å². The quantitative estimate of drug-likeness (QED) is 0.270. The molecule has 3 rings (SSSR count). The van der Waals surface area contributed by atoms with Crippen LogP contribution >= 0.6 is 39.1 Å². The minimum atomic E-state index is -0.734. The van der Waals surface area contributed by atoms with E-state index in [0.29, 0.717) is 22.2 Å². The maximum absolute atomic E-state index is 13.6. The van der Waals surface area contributed by atoms with E-state index in [0.717, 1.165) is 22.0 Å². The number of nitrogens with zero attached hydrogens (tertiary/aromatic N) is 1. The zero-order chi connectivity index (χ0) is 26.1. The van der Waals surface area contributed by atoms with Crippen molar-refractivity contribution in [3.63, 3.8) is 0 Å². The van der Waals surface area contributed by atoms with Gasteiger partial charge >= 0.3 is 0 Å². The van der Waals surface area contributed by atoms with Crippen molar-refractivity contribution in [2.24, 2.45) is 0 Å². The first-order chi connectivity index (χ1) is 17.3. The number of nitrogens with one attached hydrogen (secondary N) is 1. The molecule has 0 aliphatic heterocycles. The maximum atomic E-state index is 13.6. The van der Waals surface area contributed by atoms with Crippen molar-refractivity contribution >= 4 is 50.9 Å². The van der Waals surface area contributed by atoms with Crippen molar-refractivity contribution in [3.8, 4) is 5.75 Å². The molecule has 2 amide bonds. The fraction of sp³-hybridized carbons (Fsp3) is 0.286. The van der Waals surface area contributed by atoms with Crippen LogP contribution in [0.15, 0.2) is 77.3 Å². The van der Waals surface area contributed by atoms with E-state index >= 15 is 0 Å². The molecule has 0 fully saturated rings. The van der Waals surface area contributed by atoms with Gasteiger partial charge in [-0.2, -0.15) is 0 Å². The Morgan fingerprint density at radius 3 is 2.33 bits per heavy atom. The van der Waals surface area contributed by atoms with Crippen molar-refractivity contribution in [2.45, 2.75) is 45.3 Å². The van der Waals surface area contributed by atoms with Crippen molar-refractivity contribution < 1.29 is 14.3 Å². The number of carbonyl (C=O) groups excluding carboxylic acids is 2. The van der Waals surface area contributed by atoms with Crippen LogP contribution in [0.25, 0.3) is 0 Å². The topological polar surface area (TPSA) is 58.6 Å². The standard InChI is InChI=1S/C28H29BrCl2N2O3/c1-3-19(2)32-28(35)25(15-20-7-5-4-6-8-20)33(17-21-9-11-22(29)12-10-21)27(34)18-36-26-14-13-23(30)16-24(26)31/h4-14,16,19,25H,3,15,17-18H2,1-2H3,(H,32,35)/t19-,25-/m1/s1. The largest absolute Gasteiger partial charge is 0.482 e. The number of hydrogen-bond donors (Lipinski definition) is 1. The molecule has 3 aromatic rings. The second kappa shape index (κ2) is 13.7. The van der Waals surface area contributed by atoms with Crippen LogP contribution in [-0.4, -0.2) is 35.4 Å². The van der Waals surface area contributed by atoms with Crippen molar-refractivity contribution in [1.82, 2.24) is 10.2 Å². The summed E-state index contributed by atoms with van der Waals surface area (Å²) in [6.45, 7) is 3.92. The van der Waals surface area contributed by atoms with E-state index in [-0.39, 0.29) is 31.0 Å². The molecule has 0 aliphatic rings. The molecule has 0 spiro atoms. The third-order valence-electron chi connectivity index (χ3n) is 5.78. The summed E-state index contributed by atoms with van der Waals surface area (Å²) in [5.41, 5.74) is 1.85. The average molecular weight is 592 g/mol. The summed E-state index contributed by atoms with van der Waals surface area (Å²) < 4.78 is 6.68. The maximum Gasteiger partial charge on any atom is 0.261 e. The van der Waals surface area contributed by atoms with Crippen LogP contribution in [0.3, 0.4) is 0 Å². The molecule has 36 heavy (non-hydrogen) atoms. The molecule has 2 atom stereocenters. The van der Waals surface area contributed by atoms with E-state index in [1.54, 1.807) is 23.1 Å². The van der Waals surface area contributed by atoms with Gasteiger partial charge in [0, 0.05) is 28.5 Å². The van der Waals surface area contributed by atoms with Crippen LogP contribution in [0, 0.1) is 0 Å². The lowest BCUT2D eigenvalue weighted by Gasteiger charge is -2.32. The van der Waals surface area contributed by atoms with Crippen LogP contribution in [0.1, 0.15) is 31.4 Å². The lowest BCUT2D eigenvalue weighted by molar-refractivity contribution is -0.143. The highest BCUT2D eigenvalue weighted by molar-refractivity contribution is 9.10. The number of rotatable bonds is 11. The van der Waals surface area contributed by atoms with E-state index < -0.39 is 6.04 Å². The lowest BCUT2D eigenvalue weighted by atomic mass is 10.0. The number of benzene rings is 3. The van der Waals surface area contributed by atoms with Crippen LogP contribution in [0.5, 0.6) is 5.75 Å². The van der Waals surface area contributed by atoms with Crippen LogP contribution in [0.4, 0.5) is 0 Å². The molecule has 1 N–H and O–H groups in total. The highest BCUT2D eigenvalue weighted by Crippen LogP contribution is 2.27. The van der Waals surface area contributed by atoms with E-state index in [1.165, 1.54) is 0 Å². The van der Waals surface area contributed by atoms with Gasteiger partial charge in [-0.05, 0) is 54.8 Å². The molecule has 5 nitrogen and oxygen atoms in total. The molecule has 190 valence electrons. The molecular weight excluding hydrogens is 563 g/mol. The van der Waals surface area contributed by atoms with E-state index in [2.05, 4.69) is 21.2 Å². The van der Waals surface area contributed by atoms with Gasteiger partial charge in [0.2, 0.25) is 5.91 Å². The van der Waals surface area contributed by atoms with Gasteiger partial charge in [0.05, 0.1) is 5.02 Å². The fourth-order valence-corrected chi connectivity index (χ4v) is 4.32. The highest BCUT2D eigenvalue weighted by Gasteiger charge is 2.31. The second-order valence-corrected chi connectivity index (χ2v) is 10.3. The third-order valence-corrected chi connectivity index (χ3v) is 6.84. The normalized spacial score (nSPS) is 12.5. The molecule has 3 aromatic carbocycles. The summed E-state index contributed by atoms with van der Waals surface area (Å²) in [5, 5.41) is 3.84. The molecule has 8 heteroatoms. The smallest absolute Gasteiger partial charge is 0.261 e. The number of halogens is 3. The van der Waals surface area contributed by atoms with Gasteiger partial charge in [0.1, 0.15) is 11.8 Å². The Bertz CT molecular complexity index is 1160. The Morgan fingerprint density at radius 1 is 1.00 bits per heavy atom. The minimum absolute atomic E-state index is 0.0236. The first-order valence-corrected chi connectivity index (χ1v) is 13.3. The number of hydrogen-bond acceptors (Lipinski definition) is 3. The van der Waals surface area contributed by atoms with E-state index in [1.807, 2.05) is 68.4 Å². The molecule has 0 aromatic heterocycles. The molecule has 0 unspecified atom stereocenters. The van der Waals surface area contributed by atoms with Gasteiger partial charge in [-0.15, -0.1) is 0 Å². The van der Waals surface area contributed by atoms with Crippen molar-refractivity contribution in [1.29, 1.82) is 0 Å². The SMILES string of the molecule is CC[C@@H](C)NC(=O)[C@@H](Cc1ccccc1)N(Cc1ccc(Br)cc1)C(=O)COc1ccc(Cl)cc1Cl. The van der Waals surface area contributed by atoms with Crippen molar-refractivity contribution in [3.05, 3.63) is 98.4 Å². The average Bonchev–Trinajstić information content (AvgIpc) is 2.87. The Labute approximate surface area is 230 Å². The summed E-state index contributed by atoms with van der Waals surface area (Å²) in [5.74, 6) is -0.186. The predicted molar refractivity (Wildman–Crippen MR) is 148 cm³/mol. The monoisotopic (exact) mass is 590 g/mol. The first kappa shape index (κ1) is 28.0. The Morgan fingerprint density at radius 2 is 1.69 bits per heavy atom. The molecular formula is C28H29BrCl2N2O3. The number of ether oxygens (including phenoxy) is 1. The minimum Gasteiger partial charge on any atom is -0.482 e. The lowest BCUT2D eigenvalue weighted by Crippen LogP contribution is -2.53. The van der Waals surface area contributed by atoms with Gasteiger partial charge in [-0.3, -0.25) is 9.59 Å². The number of amides is 2. The molecule has 0 saturated heterocycles. The van der Waals surface area contributed by atoms with E-state index in [4.69, 9.17) is 27.9 Å². The van der Waals surface area contributed by atoms with Gasteiger partial charge < -0.3 is 15.0 Å². The highest BCUT2D eigenvalue weighted by atomic mass is 79.9. The van der Waals surface area contributed by atoms with Gasteiger partial charge in [-0.25, -0.2) is 0 Å². The Hall–Kier alpha value is -2.54. The Balaban J connectivity index is 1.91. The van der Waals surface area contributed by atoms with Gasteiger partial charge in [0.25, 0.3) is 5.91 Å². The van der Waals surface area contributed by atoms with Crippen LogP contribution in [-0.2, 0) is 22.6 Å². The molecule has 0 heterocycles. The zero-order valence-corrected chi connectivity index (χ0v) is 23.3. The summed E-state index contributed by atoms with van der Waals surface area (Å²) in [4.78, 5) is 28.7. The van der Waals surface area contributed by atoms with Crippen molar-refractivity contribution in [2.75, 3.05) is 6.61 Å². The van der Waals surface area contributed by atoms with Crippen LogP contribution < -0.4 is 10.1 Å². The molecule has 0 bridgehead atoms. The summed E-state index contributed by atoms with van der Waals surface area (Å²) >= 11 is 15.7. The summed E-state index contributed by atoms with van der Waals surface area (Å²) in [6.07, 6.45) is 1.15. The predicted octanol–water partition coefficient (Wildman–Crippen LogP) is 6.69. The Kier molecular flexibility index (Phi) is 10.7. The molecule has 0 aliphatic carbocycles. The molecule has 0 radical (unpaired) electrons. The van der Waals surface area contributed by atoms with E-state index in [9.17, 15) is 9.59 Å². The second-order valence-electron chi connectivity index (χ2n) is 8.53. The first-order valence-electron chi connectivity index (χ1n) is 11.7. The summed E-state index contributed by atoms with van der Waals surface area (Å²) in [7, 11) is 0. The van der Waals surface area contributed by atoms with Crippen LogP contribution in [0.2, 0.25) is 10.0 Å². The zero-order valence-electron chi connectivity index (χ0n) is 20.2. The fourth-order valence-electron chi connectivity index (χ4n) is 3.60. The molecule has 0 saturated carbocycles. The summed E-state index contributed by atoms with van der Waals surface area (Å²) in [6, 6.07) is 21.4. The third kappa shape index (κ3) is 8.26. The van der Waals surface area contributed by atoms with Gasteiger partial charge in [0.15, 0.2) is 6.61 Å². The number of carbonyl (C=O) groups is 2.